The molecule has 0 radical (unpaired) electrons. The number of aliphatic hydroxyl groups is 5. The molecule has 0 amide bonds. The number of anilines is 1. The van der Waals surface area contributed by atoms with Crippen molar-refractivity contribution in [1.29, 1.82) is 0 Å². The minimum Gasteiger partial charge on any atom is -0.394 e. The van der Waals surface area contributed by atoms with Crippen LogP contribution in [-0.2, 0) is 4.74 Å². The smallest absolute Gasteiger partial charge is 0.167 e. The largest absolute Gasteiger partial charge is 0.394 e. The third-order valence-electron chi connectivity index (χ3n) is 7.95. The molecule has 5 aromatic rings. The van der Waals surface area contributed by atoms with Crippen molar-refractivity contribution >= 4 is 38.5 Å². The van der Waals surface area contributed by atoms with E-state index in [-0.39, 0.29) is 13.0 Å². The molecule has 11 nitrogen and oxygen atoms in total. The summed E-state index contributed by atoms with van der Waals surface area (Å²) in [5.41, 5.74) is 2.04. The zero-order valence-electron chi connectivity index (χ0n) is 20.7. The van der Waals surface area contributed by atoms with Gasteiger partial charge in [-0.2, -0.15) is 0 Å². The van der Waals surface area contributed by atoms with Crippen molar-refractivity contribution < 1.29 is 30.3 Å². The topological polar surface area (TPSA) is 166 Å². The van der Waals surface area contributed by atoms with Crippen molar-refractivity contribution in [1.82, 2.24) is 19.5 Å². The Hall–Kier alpha value is -3.71. The van der Waals surface area contributed by atoms with Gasteiger partial charge in [-0.15, -0.1) is 0 Å². The van der Waals surface area contributed by atoms with Gasteiger partial charge in [0.25, 0.3) is 0 Å². The molecule has 2 aromatic heterocycles. The van der Waals surface area contributed by atoms with E-state index in [1.165, 1.54) is 12.7 Å². The molecule has 0 spiro atoms. The number of fused-ring (bicyclic) bond motifs is 5. The van der Waals surface area contributed by atoms with Crippen molar-refractivity contribution in [3.05, 3.63) is 72.3 Å². The van der Waals surface area contributed by atoms with Gasteiger partial charge in [-0.1, -0.05) is 36.4 Å². The molecular formula is C28H27N5O6. The summed E-state index contributed by atoms with van der Waals surface area (Å²) < 4.78 is 7.45. The molecule has 39 heavy (non-hydrogen) atoms. The molecule has 1 saturated heterocycles. The second kappa shape index (κ2) is 9.19. The van der Waals surface area contributed by atoms with Crippen LogP contribution in [0.15, 0.2) is 61.2 Å². The lowest BCUT2D eigenvalue weighted by Crippen LogP contribution is -2.44. The highest BCUT2D eigenvalue weighted by atomic mass is 16.5. The monoisotopic (exact) mass is 529 g/mol. The maximum absolute atomic E-state index is 11.2. The van der Waals surface area contributed by atoms with E-state index >= 15 is 0 Å². The molecule has 6 N–H and O–H groups in total. The number of imidazole rings is 1. The molecule has 1 aliphatic heterocycles. The van der Waals surface area contributed by atoms with Crippen LogP contribution in [0.4, 0.5) is 5.82 Å². The van der Waals surface area contributed by atoms with E-state index in [2.05, 4.69) is 26.3 Å². The maximum Gasteiger partial charge on any atom is 0.167 e. The molecule has 3 heterocycles. The zero-order chi connectivity index (χ0) is 26.8. The molecule has 0 saturated carbocycles. The molecule has 1 fully saturated rings. The highest BCUT2D eigenvalue weighted by molar-refractivity contribution is 6.00. The quantitative estimate of drug-likeness (QED) is 0.189. The summed E-state index contributed by atoms with van der Waals surface area (Å²) >= 11 is 0. The predicted octanol–water partition coefficient (Wildman–Crippen LogP) is 1.70. The molecule has 7 rings (SSSR count). The van der Waals surface area contributed by atoms with Gasteiger partial charge in [0.1, 0.15) is 37.0 Å². The first kappa shape index (κ1) is 24.3. The lowest BCUT2D eigenvalue weighted by Gasteiger charge is -2.38. The van der Waals surface area contributed by atoms with E-state index in [4.69, 9.17) is 4.74 Å². The van der Waals surface area contributed by atoms with Gasteiger partial charge in [-0.25, -0.2) is 15.0 Å². The van der Waals surface area contributed by atoms with Crippen LogP contribution in [0.1, 0.15) is 35.9 Å². The molecule has 11 heteroatoms. The first-order valence-corrected chi connectivity index (χ1v) is 12.8. The number of benzene rings is 3. The Kier molecular flexibility index (Phi) is 5.74. The molecule has 3 aromatic carbocycles. The summed E-state index contributed by atoms with van der Waals surface area (Å²) in [7, 11) is 0. The fourth-order valence-electron chi connectivity index (χ4n) is 5.92. The Balaban J connectivity index is 1.34. The van der Waals surface area contributed by atoms with E-state index in [0.29, 0.717) is 28.1 Å². The van der Waals surface area contributed by atoms with Crippen molar-refractivity contribution in [2.45, 2.75) is 49.2 Å². The molecule has 0 unspecified atom stereocenters. The summed E-state index contributed by atoms with van der Waals surface area (Å²) in [4.78, 5) is 13.2. The first-order valence-electron chi connectivity index (χ1n) is 12.8. The number of ether oxygens (including phenoxy) is 1. The summed E-state index contributed by atoms with van der Waals surface area (Å²) in [6, 6.07) is 14.9. The SMILES string of the molecule is OC[C@H]1O[C@@H](n2cnc3c(N[C@@H]4c5c(ccc6cc7ccccc7cc56)[C@@H](O)[C@H](O)[C@H]4O)ncnc32)C[C@@H]1O. The van der Waals surface area contributed by atoms with Gasteiger partial charge < -0.3 is 35.6 Å². The van der Waals surface area contributed by atoms with Crippen LogP contribution in [0.5, 0.6) is 0 Å². The van der Waals surface area contributed by atoms with Gasteiger partial charge in [0, 0.05) is 6.42 Å². The average molecular weight is 530 g/mol. The van der Waals surface area contributed by atoms with Gasteiger partial charge in [-0.3, -0.25) is 4.57 Å². The van der Waals surface area contributed by atoms with Gasteiger partial charge >= 0.3 is 0 Å². The Morgan fingerprint density at radius 1 is 0.923 bits per heavy atom. The van der Waals surface area contributed by atoms with Gasteiger partial charge in [0.05, 0.1) is 25.1 Å². The van der Waals surface area contributed by atoms with Crippen LogP contribution >= 0.6 is 0 Å². The summed E-state index contributed by atoms with van der Waals surface area (Å²) in [5.74, 6) is 0.326. The van der Waals surface area contributed by atoms with Crippen LogP contribution in [0.3, 0.4) is 0 Å². The summed E-state index contributed by atoms with van der Waals surface area (Å²) in [6.07, 6.45) is -2.97. The van der Waals surface area contributed by atoms with Crippen LogP contribution < -0.4 is 5.32 Å². The Morgan fingerprint density at radius 2 is 1.72 bits per heavy atom. The maximum atomic E-state index is 11.2. The Bertz CT molecular complexity index is 1710. The fourth-order valence-corrected chi connectivity index (χ4v) is 5.92. The van der Waals surface area contributed by atoms with Crippen LogP contribution in [-0.4, -0.2) is 76.1 Å². The van der Waals surface area contributed by atoms with E-state index in [9.17, 15) is 25.5 Å². The normalized spacial score (nSPS) is 28.8. The summed E-state index contributed by atoms with van der Waals surface area (Å²) in [5, 5.41) is 59.6. The minimum absolute atomic E-state index is 0.266. The highest BCUT2D eigenvalue weighted by Gasteiger charge is 2.42. The number of rotatable bonds is 4. The first-order chi connectivity index (χ1) is 18.9. The molecule has 7 atom stereocenters. The lowest BCUT2D eigenvalue weighted by molar-refractivity contribution is -0.0766. The third-order valence-corrected chi connectivity index (χ3v) is 7.95. The van der Waals surface area contributed by atoms with E-state index in [0.717, 1.165) is 21.5 Å². The van der Waals surface area contributed by atoms with E-state index < -0.39 is 42.8 Å². The minimum atomic E-state index is -1.42. The predicted molar refractivity (Wildman–Crippen MR) is 142 cm³/mol. The Morgan fingerprint density at radius 3 is 2.49 bits per heavy atom. The number of hydrogen-bond donors (Lipinski definition) is 6. The standard InChI is InChI=1S/C28H27N5O6/c34-10-19-18(35)9-20(39-19)33-12-31-23-27(29-11-30-28(23)33)32-22-21-16(24(36)26(38)25(22)37)6-5-15-7-13-3-1-2-4-14(13)8-17(15)21/h1-8,11-12,18-20,22,24-26,34-38H,9-10H2,(H,29,30,32)/t18-,19+,20+,22+,24+,25-,26-/m0/s1. The number of aliphatic hydroxyl groups excluding tert-OH is 5. The van der Waals surface area contributed by atoms with Gasteiger partial charge in [-0.05, 0) is 44.8 Å². The van der Waals surface area contributed by atoms with Crippen LogP contribution in [0.2, 0.25) is 0 Å². The third kappa shape index (κ3) is 3.78. The second-order valence-electron chi connectivity index (χ2n) is 10.2. The van der Waals surface area contributed by atoms with Crippen molar-refractivity contribution in [3.8, 4) is 0 Å². The van der Waals surface area contributed by atoms with Crippen molar-refractivity contribution in [2.24, 2.45) is 0 Å². The Labute approximate surface area is 222 Å². The average Bonchev–Trinajstić information content (AvgIpc) is 3.56. The zero-order valence-corrected chi connectivity index (χ0v) is 20.7. The number of nitrogens with zero attached hydrogens (tertiary/aromatic N) is 4. The number of nitrogens with one attached hydrogen (secondary N) is 1. The number of hydrogen-bond acceptors (Lipinski definition) is 10. The highest BCUT2D eigenvalue weighted by Crippen LogP contribution is 2.43. The van der Waals surface area contributed by atoms with Crippen molar-refractivity contribution in [3.63, 3.8) is 0 Å². The summed E-state index contributed by atoms with van der Waals surface area (Å²) in [6.45, 7) is -0.303. The molecule has 2 aliphatic rings. The van der Waals surface area contributed by atoms with Crippen LogP contribution in [0, 0.1) is 0 Å². The molecule has 1 aliphatic carbocycles. The van der Waals surface area contributed by atoms with E-state index in [1.54, 1.807) is 10.6 Å². The van der Waals surface area contributed by atoms with Crippen LogP contribution in [0.25, 0.3) is 32.7 Å². The van der Waals surface area contributed by atoms with Crippen molar-refractivity contribution in [2.75, 3.05) is 11.9 Å². The van der Waals surface area contributed by atoms with E-state index in [1.807, 2.05) is 36.4 Å². The molecule has 200 valence electrons. The molecule has 0 bridgehead atoms. The van der Waals surface area contributed by atoms with Gasteiger partial charge in [0.15, 0.2) is 17.0 Å². The second-order valence-corrected chi connectivity index (χ2v) is 10.2. The molecular weight excluding hydrogens is 502 g/mol. The fraction of sp³-hybridized carbons (Fsp3) is 0.321. The lowest BCUT2D eigenvalue weighted by atomic mass is 9.79. The number of aromatic nitrogens is 4. The van der Waals surface area contributed by atoms with Gasteiger partial charge in [0.2, 0.25) is 0 Å².